The van der Waals surface area contributed by atoms with E-state index in [0.29, 0.717) is 22.1 Å². The molecule has 0 atom stereocenters. The van der Waals surface area contributed by atoms with Crippen LogP contribution in [-0.4, -0.2) is 36.8 Å². The summed E-state index contributed by atoms with van der Waals surface area (Å²) in [6.07, 6.45) is 0. The van der Waals surface area contributed by atoms with Gasteiger partial charge in [-0.05, 0) is 42.3 Å². The van der Waals surface area contributed by atoms with Gasteiger partial charge in [0, 0.05) is 12.6 Å². The van der Waals surface area contributed by atoms with Gasteiger partial charge < -0.3 is 15.5 Å². The maximum absolute atomic E-state index is 11.0. The number of anilines is 1. The molecule has 0 amide bonds. The van der Waals surface area contributed by atoms with Crippen LogP contribution in [0, 0.1) is 0 Å². The van der Waals surface area contributed by atoms with Crippen molar-refractivity contribution in [1.29, 1.82) is 0 Å². The van der Waals surface area contributed by atoms with E-state index in [-0.39, 0.29) is 21.2 Å². The molecule has 0 aliphatic rings. The molecule has 0 unspecified atom stereocenters. The van der Waals surface area contributed by atoms with Crippen LogP contribution >= 0.6 is 23.6 Å². The number of thiophene rings is 1. The van der Waals surface area contributed by atoms with Gasteiger partial charge in [0.1, 0.15) is 10.6 Å². The third-order valence-corrected chi connectivity index (χ3v) is 5.95. The van der Waals surface area contributed by atoms with Crippen LogP contribution in [0.3, 0.4) is 0 Å². The monoisotopic (exact) mass is 471 g/mol. The summed E-state index contributed by atoms with van der Waals surface area (Å²) >= 11 is 6.27. The smallest absolute Gasteiger partial charge is 0.345 e. The Kier molecular flexibility index (Phi) is 6.65. The lowest BCUT2D eigenvalue weighted by molar-refractivity contribution is 0.0702. The highest BCUT2D eigenvalue weighted by Crippen LogP contribution is 2.33. The van der Waals surface area contributed by atoms with Gasteiger partial charge in [0.2, 0.25) is 0 Å². The number of carbonyl (C=O) groups is 1. The van der Waals surface area contributed by atoms with Crippen LogP contribution in [0.15, 0.2) is 41.5 Å². The number of carboxylic acids is 1. The van der Waals surface area contributed by atoms with Crippen molar-refractivity contribution in [3.63, 3.8) is 0 Å². The number of hydrogen-bond donors (Lipinski definition) is 4. The second-order valence-corrected chi connectivity index (χ2v) is 9.72. The van der Waals surface area contributed by atoms with E-state index >= 15 is 0 Å². The molecule has 0 saturated carbocycles. The van der Waals surface area contributed by atoms with Crippen LogP contribution in [-0.2, 0) is 12.5 Å². The van der Waals surface area contributed by atoms with Crippen molar-refractivity contribution in [1.82, 2.24) is 15.2 Å². The largest absolute Gasteiger partial charge is 0.504 e. The van der Waals surface area contributed by atoms with Gasteiger partial charge in [-0.1, -0.05) is 45.0 Å². The molecule has 0 spiro atoms. The highest BCUT2D eigenvalue weighted by molar-refractivity contribution is 7.80. The van der Waals surface area contributed by atoms with E-state index in [2.05, 4.69) is 41.7 Å². The minimum Gasteiger partial charge on any atom is -0.504 e. The van der Waals surface area contributed by atoms with Gasteiger partial charge >= 0.3 is 5.97 Å². The van der Waals surface area contributed by atoms with Crippen LogP contribution < -0.4 is 10.7 Å². The molecule has 168 valence electrons. The Balaban J connectivity index is 1.75. The quantitative estimate of drug-likeness (QED) is 0.245. The number of carboxylic acid groups (broad SMARTS) is 1. The lowest BCUT2D eigenvalue weighted by atomic mass is 9.86. The number of aryl methyl sites for hydroxylation is 1. The van der Waals surface area contributed by atoms with Crippen LogP contribution in [0.5, 0.6) is 5.75 Å². The molecule has 0 fully saturated rings. The molecule has 32 heavy (non-hydrogen) atoms. The van der Waals surface area contributed by atoms with Crippen molar-refractivity contribution in [2.45, 2.75) is 33.1 Å². The first kappa shape index (κ1) is 23.4. The van der Waals surface area contributed by atoms with Crippen LogP contribution in [0.25, 0.3) is 11.3 Å². The third kappa shape index (κ3) is 5.14. The van der Waals surface area contributed by atoms with E-state index < -0.39 is 5.97 Å². The maximum atomic E-state index is 11.0. The lowest BCUT2D eigenvalue weighted by Gasteiger charge is -2.19. The molecule has 10 heteroatoms. The number of aromatic nitrogens is 2. The Bertz CT molecular complexity index is 1190. The fourth-order valence-electron chi connectivity index (χ4n) is 3.06. The third-order valence-electron chi connectivity index (χ3n) is 4.77. The van der Waals surface area contributed by atoms with E-state index in [9.17, 15) is 9.90 Å². The van der Waals surface area contributed by atoms with Gasteiger partial charge in [0.25, 0.3) is 0 Å². The lowest BCUT2D eigenvalue weighted by Crippen LogP contribution is -2.24. The molecule has 3 aromatic rings. The first-order valence-corrected chi connectivity index (χ1v) is 11.0. The van der Waals surface area contributed by atoms with E-state index in [1.165, 1.54) is 11.6 Å². The van der Waals surface area contributed by atoms with Gasteiger partial charge in [-0.15, -0.1) is 11.3 Å². The number of hydrogen-bond acceptors (Lipinski definition) is 6. The average Bonchev–Trinajstić information content (AvgIpc) is 3.30. The highest BCUT2D eigenvalue weighted by atomic mass is 32.1. The van der Waals surface area contributed by atoms with Gasteiger partial charge in [-0.25, -0.2) is 4.79 Å². The molecule has 2 heterocycles. The first-order valence-electron chi connectivity index (χ1n) is 9.79. The first-order chi connectivity index (χ1) is 15.0. The summed E-state index contributed by atoms with van der Waals surface area (Å²) in [5, 5.41) is 32.1. The Labute approximate surface area is 195 Å². The predicted octanol–water partition coefficient (Wildman–Crippen LogP) is 4.56. The molecule has 0 saturated heterocycles. The van der Waals surface area contributed by atoms with Gasteiger partial charge in [-0.2, -0.15) is 10.2 Å². The molecular formula is C22H25N5O3S2. The number of rotatable bonds is 5. The summed E-state index contributed by atoms with van der Waals surface area (Å²) < 4.78 is 1.62. The second-order valence-electron chi connectivity index (χ2n) is 8.23. The van der Waals surface area contributed by atoms with E-state index in [1.807, 2.05) is 24.3 Å². The van der Waals surface area contributed by atoms with Gasteiger partial charge in [0.05, 0.1) is 10.7 Å². The number of aromatic carboxylic acids is 1. The zero-order chi connectivity index (χ0) is 23.6. The molecule has 0 radical (unpaired) electrons. The van der Waals surface area contributed by atoms with Crippen LogP contribution in [0.4, 0.5) is 5.00 Å². The Morgan fingerprint density at radius 2 is 1.84 bits per heavy atom. The van der Waals surface area contributed by atoms with Crippen molar-refractivity contribution in [3.8, 4) is 17.0 Å². The molecular weight excluding hydrogens is 446 g/mol. The summed E-state index contributed by atoms with van der Waals surface area (Å²) in [5.41, 5.74) is 6.15. The summed E-state index contributed by atoms with van der Waals surface area (Å²) in [4.78, 5) is 11.2. The SMILES string of the molecule is CC(=NNC(=S)Nc1ccc(C(=O)O)s1)c1nn(C)c(-c2ccc(C(C)(C)C)cc2)c1O. The van der Waals surface area contributed by atoms with Crippen molar-refractivity contribution in [2.75, 3.05) is 5.32 Å². The zero-order valence-corrected chi connectivity index (χ0v) is 20.1. The maximum Gasteiger partial charge on any atom is 0.345 e. The molecule has 3 rings (SSSR count). The second kappa shape index (κ2) is 9.09. The molecule has 1 aromatic carbocycles. The number of benzene rings is 1. The van der Waals surface area contributed by atoms with Crippen molar-refractivity contribution in [3.05, 3.63) is 52.5 Å². The minimum absolute atomic E-state index is 0.0299. The Hall–Kier alpha value is -3.24. The zero-order valence-electron chi connectivity index (χ0n) is 18.4. The van der Waals surface area contributed by atoms with Crippen molar-refractivity contribution >= 4 is 45.3 Å². The van der Waals surface area contributed by atoms with Gasteiger partial charge in [0.15, 0.2) is 16.6 Å². The van der Waals surface area contributed by atoms with E-state index in [0.717, 1.165) is 16.9 Å². The molecule has 0 aliphatic heterocycles. The number of hydrazone groups is 1. The fraction of sp³-hybridized carbons (Fsp3) is 0.273. The number of thiocarbonyl (C=S) groups is 1. The summed E-state index contributed by atoms with van der Waals surface area (Å²) in [6.45, 7) is 8.16. The van der Waals surface area contributed by atoms with Crippen LogP contribution in [0.1, 0.15) is 48.6 Å². The van der Waals surface area contributed by atoms with Crippen molar-refractivity contribution < 1.29 is 15.0 Å². The summed E-state index contributed by atoms with van der Waals surface area (Å²) in [6, 6.07) is 11.2. The molecule has 8 nitrogen and oxygen atoms in total. The molecule has 2 aromatic heterocycles. The summed E-state index contributed by atoms with van der Waals surface area (Å²) in [5.74, 6) is -0.965. The Morgan fingerprint density at radius 3 is 2.41 bits per heavy atom. The molecule has 0 aliphatic carbocycles. The molecule has 4 N–H and O–H groups in total. The van der Waals surface area contributed by atoms with E-state index in [1.54, 1.807) is 24.7 Å². The fourth-order valence-corrected chi connectivity index (χ4v) is 4.03. The standard InChI is InChI=1S/C22H25N5O3S2/c1-12(24-25-21(31)23-16-11-10-15(32-16)20(29)30)17-19(28)18(27(5)26-17)13-6-8-14(9-7-13)22(2,3)4/h6-11,28H,1-5H3,(H,29,30)(H2,23,25,31). The summed E-state index contributed by atoms with van der Waals surface area (Å²) in [7, 11) is 1.76. The number of nitrogens with one attached hydrogen (secondary N) is 2. The Morgan fingerprint density at radius 1 is 1.19 bits per heavy atom. The number of aromatic hydroxyl groups is 1. The molecule has 0 bridgehead atoms. The van der Waals surface area contributed by atoms with Crippen LogP contribution in [0.2, 0.25) is 0 Å². The predicted molar refractivity (Wildman–Crippen MR) is 132 cm³/mol. The number of nitrogens with zero attached hydrogens (tertiary/aromatic N) is 3. The van der Waals surface area contributed by atoms with Crippen molar-refractivity contribution in [2.24, 2.45) is 12.1 Å². The average molecular weight is 472 g/mol. The highest BCUT2D eigenvalue weighted by Gasteiger charge is 2.20. The van der Waals surface area contributed by atoms with Gasteiger partial charge in [-0.3, -0.25) is 10.1 Å². The van der Waals surface area contributed by atoms with E-state index in [4.69, 9.17) is 17.3 Å². The topological polar surface area (TPSA) is 112 Å². The minimum atomic E-state index is -0.995. The normalized spacial score (nSPS) is 12.0.